The van der Waals surface area contributed by atoms with Crippen molar-refractivity contribution in [2.75, 3.05) is 18.4 Å². The van der Waals surface area contributed by atoms with Gasteiger partial charge in [-0.2, -0.15) is 10.5 Å². The number of rotatable bonds is 7. The summed E-state index contributed by atoms with van der Waals surface area (Å²) in [6.07, 6.45) is 0.923. The molecule has 0 spiro atoms. The first-order valence-electron chi connectivity index (χ1n) is 8.26. The average molecular weight is 367 g/mol. The summed E-state index contributed by atoms with van der Waals surface area (Å²) in [6.45, 7) is 3.71. The Balaban J connectivity index is 1.99. The molecule has 0 atom stereocenters. The highest BCUT2D eigenvalue weighted by molar-refractivity contribution is 6.32. The fourth-order valence-corrected chi connectivity index (χ4v) is 2.78. The quantitative estimate of drug-likeness (QED) is 0.804. The van der Waals surface area contributed by atoms with Gasteiger partial charge in [0.2, 0.25) is 5.91 Å². The van der Waals surface area contributed by atoms with E-state index in [1.54, 1.807) is 30.3 Å². The number of halogens is 1. The number of benzene rings is 2. The maximum atomic E-state index is 12.4. The highest BCUT2D eigenvalue weighted by atomic mass is 35.5. The third-order valence-electron chi connectivity index (χ3n) is 3.77. The van der Waals surface area contributed by atoms with Crippen LogP contribution in [-0.2, 0) is 11.3 Å². The van der Waals surface area contributed by atoms with Gasteiger partial charge in [-0.3, -0.25) is 9.69 Å². The minimum atomic E-state index is -0.145. The maximum absolute atomic E-state index is 12.4. The normalized spacial score (nSPS) is 10.2. The van der Waals surface area contributed by atoms with Crippen LogP contribution in [-0.4, -0.2) is 23.9 Å². The van der Waals surface area contributed by atoms with E-state index in [2.05, 4.69) is 18.3 Å². The van der Waals surface area contributed by atoms with Crippen molar-refractivity contribution in [3.63, 3.8) is 0 Å². The fraction of sp³-hybridized carbons (Fsp3) is 0.250. The standard InChI is InChI=1S/C20H19ClN4O/c1-2-9-25(13-16-5-3-15(11-22)4-6-16)14-20(26)24-18-8-7-17(12-23)19(21)10-18/h3-8,10H,2,9,13-14H2,1H3,(H,24,26). The van der Waals surface area contributed by atoms with Gasteiger partial charge in [0.05, 0.1) is 28.8 Å². The fourth-order valence-electron chi connectivity index (χ4n) is 2.56. The van der Waals surface area contributed by atoms with E-state index >= 15 is 0 Å². The number of amides is 1. The van der Waals surface area contributed by atoms with Crippen LogP contribution in [0.5, 0.6) is 0 Å². The van der Waals surface area contributed by atoms with E-state index in [4.69, 9.17) is 22.1 Å². The predicted molar refractivity (Wildman–Crippen MR) is 102 cm³/mol. The molecule has 0 aromatic heterocycles. The van der Waals surface area contributed by atoms with Gasteiger partial charge >= 0.3 is 0 Å². The summed E-state index contributed by atoms with van der Waals surface area (Å²) in [4.78, 5) is 14.4. The molecule has 2 aromatic rings. The summed E-state index contributed by atoms with van der Waals surface area (Å²) in [5.74, 6) is -0.145. The monoisotopic (exact) mass is 366 g/mol. The predicted octanol–water partition coefficient (Wildman–Crippen LogP) is 3.93. The smallest absolute Gasteiger partial charge is 0.238 e. The summed E-state index contributed by atoms with van der Waals surface area (Å²) in [6, 6.07) is 16.3. The van der Waals surface area contributed by atoms with Gasteiger partial charge in [0.1, 0.15) is 6.07 Å². The minimum Gasteiger partial charge on any atom is -0.325 e. The number of nitrogens with one attached hydrogen (secondary N) is 1. The van der Waals surface area contributed by atoms with Crippen molar-refractivity contribution in [3.05, 3.63) is 64.2 Å². The number of hydrogen-bond donors (Lipinski definition) is 1. The van der Waals surface area contributed by atoms with E-state index < -0.39 is 0 Å². The van der Waals surface area contributed by atoms with Crippen LogP contribution in [0.25, 0.3) is 0 Å². The van der Waals surface area contributed by atoms with Gasteiger partial charge in [-0.25, -0.2) is 0 Å². The molecule has 1 amide bonds. The Bertz CT molecular complexity index is 850. The number of nitriles is 2. The molecule has 0 unspecified atom stereocenters. The van der Waals surface area contributed by atoms with Gasteiger partial charge in [0, 0.05) is 12.2 Å². The lowest BCUT2D eigenvalue weighted by Crippen LogP contribution is -2.33. The largest absolute Gasteiger partial charge is 0.325 e. The van der Waals surface area contributed by atoms with Gasteiger partial charge < -0.3 is 5.32 Å². The Hall–Kier alpha value is -2.86. The molecule has 0 aliphatic heterocycles. The van der Waals surface area contributed by atoms with Crippen molar-refractivity contribution in [1.82, 2.24) is 4.90 Å². The number of carbonyl (C=O) groups excluding carboxylic acids is 1. The van der Waals surface area contributed by atoms with Crippen molar-refractivity contribution in [3.8, 4) is 12.1 Å². The molecule has 0 aliphatic rings. The third kappa shape index (κ3) is 5.60. The molecule has 0 saturated heterocycles. The lowest BCUT2D eigenvalue weighted by Gasteiger charge is -2.21. The van der Waals surface area contributed by atoms with Crippen molar-refractivity contribution in [2.24, 2.45) is 0 Å². The molecule has 2 aromatic carbocycles. The van der Waals surface area contributed by atoms with Gasteiger partial charge in [-0.1, -0.05) is 30.7 Å². The maximum Gasteiger partial charge on any atom is 0.238 e. The summed E-state index contributed by atoms with van der Waals surface area (Å²) in [7, 11) is 0. The van der Waals surface area contributed by atoms with Crippen molar-refractivity contribution < 1.29 is 4.79 Å². The second kappa shape index (κ2) is 9.58. The zero-order valence-electron chi connectivity index (χ0n) is 14.5. The second-order valence-corrected chi connectivity index (χ2v) is 6.28. The molecule has 0 fully saturated rings. The summed E-state index contributed by atoms with van der Waals surface area (Å²) >= 11 is 5.99. The molecule has 0 bridgehead atoms. The molecule has 5 nitrogen and oxygen atoms in total. The van der Waals surface area contributed by atoms with E-state index in [0.717, 1.165) is 18.5 Å². The zero-order valence-corrected chi connectivity index (χ0v) is 15.3. The van der Waals surface area contributed by atoms with Crippen molar-refractivity contribution in [2.45, 2.75) is 19.9 Å². The Morgan fingerprint density at radius 2 is 1.88 bits per heavy atom. The highest BCUT2D eigenvalue weighted by Crippen LogP contribution is 2.20. The Kier molecular flexibility index (Phi) is 7.17. The number of anilines is 1. The van der Waals surface area contributed by atoms with E-state index in [0.29, 0.717) is 28.4 Å². The van der Waals surface area contributed by atoms with Crippen LogP contribution in [0.15, 0.2) is 42.5 Å². The molecule has 6 heteroatoms. The van der Waals surface area contributed by atoms with Gasteiger partial charge in [-0.05, 0) is 48.9 Å². The number of carbonyl (C=O) groups is 1. The Morgan fingerprint density at radius 1 is 1.15 bits per heavy atom. The molecule has 1 N–H and O–H groups in total. The third-order valence-corrected chi connectivity index (χ3v) is 4.08. The lowest BCUT2D eigenvalue weighted by molar-refractivity contribution is -0.117. The van der Waals surface area contributed by atoms with Crippen LogP contribution in [0.4, 0.5) is 5.69 Å². The van der Waals surface area contributed by atoms with E-state index in [9.17, 15) is 4.79 Å². The molecular weight excluding hydrogens is 348 g/mol. The number of nitrogens with zero attached hydrogens (tertiary/aromatic N) is 3. The molecule has 132 valence electrons. The van der Waals surface area contributed by atoms with Crippen LogP contribution in [0.2, 0.25) is 5.02 Å². The molecule has 0 aliphatic carbocycles. The summed E-state index contributed by atoms with van der Waals surface area (Å²) in [5, 5.41) is 20.9. The zero-order chi connectivity index (χ0) is 18.9. The molecule has 26 heavy (non-hydrogen) atoms. The summed E-state index contributed by atoms with van der Waals surface area (Å²) in [5.41, 5.74) is 2.60. The van der Waals surface area contributed by atoms with Gasteiger partial charge in [-0.15, -0.1) is 0 Å². The van der Waals surface area contributed by atoms with E-state index in [1.165, 1.54) is 0 Å². The first kappa shape index (κ1) is 19.5. The average Bonchev–Trinajstić information content (AvgIpc) is 2.62. The van der Waals surface area contributed by atoms with Crippen LogP contribution < -0.4 is 5.32 Å². The number of hydrogen-bond acceptors (Lipinski definition) is 4. The van der Waals surface area contributed by atoms with E-state index in [-0.39, 0.29) is 12.5 Å². The molecule has 2 rings (SSSR count). The van der Waals surface area contributed by atoms with Crippen LogP contribution in [0, 0.1) is 22.7 Å². The molecule has 0 heterocycles. The van der Waals surface area contributed by atoms with Crippen molar-refractivity contribution in [1.29, 1.82) is 10.5 Å². The van der Waals surface area contributed by atoms with Crippen LogP contribution in [0.1, 0.15) is 30.0 Å². The first-order valence-corrected chi connectivity index (χ1v) is 8.64. The molecule has 0 radical (unpaired) electrons. The molecule has 0 saturated carbocycles. The highest BCUT2D eigenvalue weighted by Gasteiger charge is 2.12. The second-order valence-electron chi connectivity index (χ2n) is 5.87. The Labute approximate surface area is 158 Å². The minimum absolute atomic E-state index is 0.145. The first-order chi connectivity index (χ1) is 12.5. The molecular formula is C20H19ClN4O. The SMILES string of the molecule is CCCN(CC(=O)Nc1ccc(C#N)c(Cl)c1)Cc1ccc(C#N)cc1. The van der Waals surface area contributed by atoms with Crippen LogP contribution in [0.3, 0.4) is 0 Å². The lowest BCUT2D eigenvalue weighted by atomic mass is 10.1. The van der Waals surface area contributed by atoms with Crippen LogP contribution >= 0.6 is 11.6 Å². The topological polar surface area (TPSA) is 79.9 Å². The van der Waals surface area contributed by atoms with E-state index in [1.807, 2.05) is 23.1 Å². The summed E-state index contributed by atoms with van der Waals surface area (Å²) < 4.78 is 0. The van der Waals surface area contributed by atoms with Gasteiger partial charge in [0.15, 0.2) is 0 Å². The van der Waals surface area contributed by atoms with Gasteiger partial charge in [0.25, 0.3) is 0 Å². The Morgan fingerprint density at radius 3 is 2.46 bits per heavy atom. The van der Waals surface area contributed by atoms with Crippen molar-refractivity contribution >= 4 is 23.2 Å².